The molecule has 10 aromatic heterocycles. The Kier molecular flexibility index (Phi) is 20.6. The third-order valence-electron chi connectivity index (χ3n) is 13.0. The molecule has 556 valence electrons. The van der Waals surface area contributed by atoms with Crippen molar-refractivity contribution in [3.8, 4) is 0 Å². The predicted molar refractivity (Wildman–Crippen MR) is 384 cm³/mol. The minimum absolute atomic E-state index is 0.0393. The average molecular weight is 1580 g/mol. The van der Waals surface area contributed by atoms with Crippen LogP contribution in [0.1, 0.15) is 164 Å². The first-order valence-corrected chi connectivity index (χ1v) is 32.2. The third-order valence-corrected chi connectivity index (χ3v) is 14.3. The number of hydrogen-bond acceptors (Lipinski definition) is 23. The van der Waals surface area contributed by atoms with Gasteiger partial charge in [0.1, 0.15) is 94.5 Å². The van der Waals surface area contributed by atoms with Crippen molar-refractivity contribution in [3.05, 3.63) is 120 Å². The Bertz CT molecular complexity index is 5290. The lowest BCUT2D eigenvalue weighted by atomic mass is 10.2. The van der Waals surface area contributed by atoms with E-state index in [4.69, 9.17) is 111 Å². The standard InChI is InChI=1S/C16H19ClFN5O3.C14H17ClN4O3.C13H15ClN4O4.C9H9ClN4O.C8H5Cl2N3O.C3H6FN/c1-16(2,3)26-15(25)22(4)12-6-11(17)21-13-8(7-19-23(12)13)14(24)20-10-5-9(10)18;1-8(20)9-7-16-19-11(6-10(15)17-12(9)19)18(5)13(21)22-14(2,3)4;1-13(2,3)22-12(21)17(4)9-5-8(14)16-10-7(11(19)20)6-15-18(9)10;1-5(15)6-4-12-14-8(11-2)3-7(10)13-9(6)14;1-4(14)5-3-11-13-7(10)2-6(9)12-8(5)13;4-2-1-3(2)5/h6-7,9-10H,5H2,1-4H3,(H,20,24);6-7H,1-5H3;5-6H,1-4H3,(H,19,20);3-4,11H,1-2H3;2-3H,1H3;2-3H,1,5H2/t9-,10+;;;;;2-,3+/m0....0/s1/i4D3;5D3;4D3;2D3;;. The van der Waals surface area contributed by atoms with Gasteiger partial charge in [0.15, 0.2) is 45.6 Å². The minimum Gasteiger partial charge on any atom is -0.477 e. The molecule has 4 amide bonds. The number of carboxylic acids is 1. The average Bonchev–Trinajstić information content (AvgIpc) is 1.56. The fourth-order valence-electron chi connectivity index (χ4n) is 8.15. The lowest BCUT2D eigenvalue weighted by Crippen LogP contribution is -2.35. The van der Waals surface area contributed by atoms with Crippen molar-refractivity contribution in [2.75, 3.05) is 47.9 Å². The van der Waals surface area contributed by atoms with Crippen molar-refractivity contribution in [1.82, 2.24) is 78.3 Å². The number of Topliss-reactive ketones (excluding diaryl/α,β-unsaturated/α-hetero) is 3. The smallest absolute Gasteiger partial charge is 0.415 e. The van der Waals surface area contributed by atoms with Gasteiger partial charge < -0.3 is 35.7 Å². The first-order chi connectivity index (χ1) is 53.1. The van der Waals surface area contributed by atoms with Crippen molar-refractivity contribution in [2.24, 2.45) is 5.73 Å². The first-order valence-electron chi connectivity index (χ1n) is 35.9. The number of carbonyl (C=O) groups excluding carboxylic acids is 7. The van der Waals surface area contributed by atoms with Crippen LogP contribution in [0.15, 0.2) is 61.3 Å². The zero-order valence-corrected chi connectivity index (χ0v) is 61.1. The highest BCUT2D eigenvalue weighted by Gasteiger charge is 2.40. The molecule has 0 radical (unpaired) electrons. The number of halogens is 8. The molecule has 0 saturated heterocycles. The minimum atomic E-state index is -2.94. The molecule has 4 atom stereocenters. The second-order valence-corrected chi connectivity index (χ2v) is 27.3. The number of anilines is 4. The molecule has 2 aliphatic carbocycles. The summed E-state index contributed by atoms with van der Waals surface area (Å²) < 4.78 is 136. The van der Waals surface area contributed by atoms with E-state index in [1.54, 1.807) is 62.3 Å². The number of amides is 4. The molecule has 0 spiro atoms. The fraction of sp³-hybridized carbons (Fsp3) is 0.397. The second kappa shape index (κ2) is 32.9. The van der Waals surface area contributed by atoms with E-state index < -0.39 is 93.2 Å². The van der Waals surface area contributed by atoms with Crippen molar-refractivity contribution >= 4 is 169 Å². The van der Waals surface area contributed by atoms with E-state index in [2.05, 4.69) is 61.0 Å². The number of alkyl halides is 2. The number of carbonyl (C=O) groups is 8. The van der Waals surface area contributed by atoms with Crippen LogP contribution in [-0.4, -0.2) is 195 Å². The summed E-state index contributed by atoms with van der Waals surface area (Å²) in [7, 11) is 0. The van der Waals surface area contributed by atoms with E-state index in [1.807, 2.05) is 0 Å². The molecule has 10 aromatic rings. The van der Waals surface area contributed by atoms with Gasteiger partial charge >= 0.3 is 24.2 Å². The van der Waals surface area contributed by atoms with Crippen molar-refractivity contribution < 1.29 is 82.9 Å². The van der Waals surface area contributed by atoms with Crippen LogP contribution in [0.25, 0.3) is 28.2 Å². The molecular formula is C63H71Cl6F2N21O12. The first kappa shape index (κ1) is 65.0. The topological polar surface area (TPSA) is 395 Å². The summed E-state index contributed by atoms with van der Waals surface area (Å²) in [5, 5.41) is 33.7. The Hall–Kier alpha value is -9.78. The fourth-order valence-corrected chi connectivity index (χ4v) is 9.34. The van der Waals surface area contributed by atoms with Gasteiger partial charge in [-0.25, -0.2) is 57.4 Å². The molecular weight excluding hydrogens is 1490 g/mol. The van der Waals surface area contributed by atoms with Crippen LogP contribution >= 0.6 is 69.6 Å². The third kappa shape index (κ3) is 20.8. The molecule has 10 heterocycles. The van der Waals surface area contributed by atoms with Gasteiger partial charge in [-0.2, -0.15) is 43.6 Å². The number of nitrogens with two attached hydrogens (primary N) is 1. The molecule has 2 saturated carbocycles. The quantitative estimate of drug-likeness (QED) is 0.0561. The number of ketones is 3. The van der Waals surface area contributed by atoms with E-state index in [0.717, 1.165) is 38.1 Å². The van der Waals surface area contributed by atoms with Gasteiger partial charge in [0.05, 0.1) is 53.7 Å². The van der Waals surface area contributed by atoms with Crippen LogP contribution in [0.4, 0.5) is 46.4 Å². The van der Waals surface area contributed by atoms with E-state index in [-0.39, 0.29) is 124 Å². The monoisotopic (exact) mass is 1570 g/mol. The Morgan fingerprint density at radius 1 is 0.500 bits per heavy atom. The molecule has 104 heavy (non-hydrogen) atoms. The molecule has 41 heteroatoms. The summed E-state index contributed by atoms with van der Waals surface area (Å²) in [4.78, 5) is 116. The highest BCUT2D eigenvalue weighted by atomic mass is 35.5. The largest absolute Gasteiger partial charge is 0.477 e. The highest BCUT2D eigenvalue weighted by Crippen LogP contribution is 2.30. The summed E-state index contributed by atoms with van der Waals surface area (Å²) in [5.74, 6) is -3.22. The number of rotatable bonds is 10. The van der Waals surface area contributed by atoms with E-state index in [0.29, 0.717) is 37.5 Å². The van der Waals surface area contributed by atoms with Gasteiger partial charge in [-0.3, -0.25) is 33.9 Å². The maximum atomic E-state index is 13.1. The van der Waals surface area contributed by atoms with Crippen LogP contribution in [-0.2, 0) is 14.2 Å². The van der Waals surface area contributed by atoms with Gasteiger partial charge in [0.2, 0.25) is 0 Å². The van der Waals surface area contributed by atoms with Crippen LogP contribution in [0.5, 0.6) is 0 Å². The number of nitrogens with zero attached hydrogens (tertiary/aromatic N) is 18. The number of nitrogens with one attached hydrogen (secondary N) is 2. The summed E-state index contributed by atoms with van der Waals surface area (Å²) in [6.45, 7) is 7.31. The van der Waals surface area contributed by atoms with E-state index >= 15 is 0 Å². The van der Waals surface area contributed by atoms with Crippen molar-refractivity contribution in [1.29, 1.82) is 0 Å². The Balaban J connectivity index is 0.000000200. The van der Waals surface area contributed by atoms with Gasteiger partial charge in [0.25, 0.3) is 5.91 Å². The molecule has 2 aliphatic rings. The number of aromatic carboxylic acids is 1. The molecule has 0 aliphatic heterocycles. The number of fused-ring (bicyclic) bond motifs is 5. The maximum absolute atomic E-state index is 13.1. The molecule has 2 fully saturated rings. The van der Waals surface area contributed by atoms with Crippen LogP contribution < -0.4 is 31.1 Å². The van der Waals surface area contributed by atoms with Gasteiger partial charge in [0, 0.05) is 87.1 Å². The zero-order valence-electron chi connectivity index (χ0n) is 68.6. The predicted octanol–water partition coefficient (Wildman–Crippen LogP) is 11.9. The molecule has 5 N–H and O–H groups in total. The van der Waals surface area contributed by atoms with Crippen LogP contribution in [0.3, 0.4) is 0 Å². The number of hydrogen-bond donors (Lipinski definition) is 4. The van der Waals surface area contributed by atoms with E-state index in [1.165, 1.54) is 66.6 Å². The van der Waals surface area contributed by atoms with Crippen molar-refractivity contribution in [2.45, 2.75) is 137 Å². The Morgan fingerprint density at radius 3 is 1.12 bits per heavy atom. The van der Waals surface area contributed by atoms with Gasteiger partial charge in [-0.15, -0.1) is 0 Å². The molecule has 33 nitrogen and oxygen atoms in total. The number of ether oxygens (including phenoxy) is 3. The van der Waals surface area contributed by atoms with Crippen LogP contribution in [0, 0.1) is 0 Å². The molecule has 0 unspecified atom stereocenters. The van der Waals surface area contributed by atoms with E-state index in [9.17, 15) is 47.1 Å². The van der Waals surface area contributed by atoms with Crippen molar-refractivity contribution in [3.63, 3.8) is 0 Å². The lowest BCUT2D eigenvalue weighted by molar-refractivity contribution is 0.0577. The van der Waals surface area contributed by atoms with Crippen LogP contribution in [0.2, 0.25) is 30.9 Å². The summed E-state index contributed by atoms with van der Waals surface area (Å²) in [5.41, 5.74) is 3.05. The zero-order chi connectivity index (χ0) is 87.7. The Morgan fingerprint density at radius 2 is 0.798 bits per heavy atom. The summed E-state index contributed by atoms with van der Waals surface area (Å²) in [6.07, 6.45) is 1.71. The second-order valence-electron chi connectivity index (χ2n) is 24.9. The number of aromatic nitrogens is 15. The SMILES string of the molecule is CC(=O)c1cnn2c(Cl)cc(Cl)nc12.N[C@@H]1C[C@@H]1F.[2H]C([2H])([2H])N(C(=O)OC(C)(C)C)c1cc(Cl)nc2c(C(=O)N[C@@H]3C[C@@H]3F)cnn12.[2H]C([2H])([2H])N(C(=O)OC(C)(C)C)c1cc(Cl)nc2c(C(=O)O)cnn12.[2H]C([2H])([2H])N(C(=O)OC(C)(C)C)c1cc(Cl)nc2c(C(C)=O)cnn12.[2H]C([2H])([2H])Nc1cc(Cl)nc2c(C(C)=O)cnn12. The maximum Gasteiger partial charge on any atom is 0.415 e. The molecule has 12 rings (SSSR count). The summed E-state index contributed by atoms with van der Waals surface area (Å²) in [6, 6.07) is 5.47. The Labute approximate surface area is 638 Å². The normalized spacial score (nSPS) is 17.2. The summed E-state index contributed by atoms with van der Waals surface area (Å²) >= 11 is 35.2. The molecule has 0 bridgehead atoms. The highest BCUT2D eigenvalue weighted by molar-refractivity contribution is 6.34. The number of carboxylic acid groups (broad SMARTS) is 1. The lowest BCUT2D eigenvalue weighted by Gasteiger charge is -2.24. The molecule has 0 aromatic carbocycles. The van der Waals surface area contributed by atoms with Gasteiger partial charge in [-0.1, -0.05) is 69.6 Å². The van der Waals surface area contributed by atoms with Gasteiger partial charge in [-0.05, 0) is 89.5 Å².